The molecule has 1 unspecified atom stereocenters. The van der Waals surface area contributed by atoms with Crippen molar-refractivity contribution in [3.05, 3.63) is 36.0 Å². The van der Waals surface area contributed by atoms with Gasteiger partial charge in [-0.25, -0.2) is 0 Å². The molecular weight excluding hydrogens is 318 g/mol. The highest BCUT2D eigenvalue weighted by Crippen LogP contribution is 2.39. The van der Waals surface area contributed by atoms with Gasteiger partial charge in [0.15, 0.2) is 5.78 Å². The monoisotopic (exact) mass is 345 g/mol. The van der Waals surface area contributed by atoms with Crippen LogP contribution in [0, 0.1) is 10.8 Å². The third-order valence-electron chi connectivity index (χ3n) is 4.11. The largest absolute Gasteiger partial charge is 0.454 e. The minimum Gasteiger partial charge on any atom is -0.454 e. The van der Waals surface area contributed by atoms with Crippen LogP contribution in [0.5, 0.6) is 5.75 Å². The molecule has 1 atom stereocenters. The van der Waals surface area contributed by atoms with E-state index in [-0.39, 0.29) is 23.7 Å². The van der Waals surface area contributed by atoms with Crippen molar-refractivity contribution in [2.24, 2.45) is 10.8 Å². The molecule has 1 aromatic rings. The van der Waals surface area contributed by atoms with Gasteiger partial charge in [-0.2, -0.15) is 0 Å². The molecule has 0 aromatic heterocycles. The molecule has 25 heavy (non-hydrogen) atoms. The van der Waals surface area contributed by atoms with Gasteiger partial charge in [-0.15, -0.1) is 0 Å². The zero-order valence-electron chi connectivity index (χ0n) is 15.8. The number of hydrogen-bond donors (Lipinski definition) is 2. The minimum atomic E-state index is -1.90. The van der Waals surface area contributed by atoms with Crippen LogP contribution in [0.2, 0.25) is 0 Å². The second kappa shape index (κ2) is 6.30. The van der Waals surface area contributed by atoms with Crippen molar-refractivity contribution >= 4 is 17.3 Å². The number of carbonyl (C=O) groups is 2. The topological polar surface area (TPSA) is 75.6 Å². The molecule has 0 saturated carbocycles. The maximum Gasteiger partial charge on any atom is 0.257 e. The minimum absolute atomic E-state index is 0.162. The molecule has 5 nitrogen and oxygen atoms in total. The molecular formula is C20H27NO4. The summed E-state index contributed by atoms with van der Waals surface area (Å²) in [5.74, 6) is -1.79. The Labute approximate surface area is 149 Å². The number of benzene rings is 1. The number of allylic oxidation sites excluding steroid dienone is 1. The Balaban J connectivity index is 2.47. The summed E-state index contributed by atoms with van der Waals surface area (Å²) in [7, 11) is 0. The molecule has 1 aliphatic heterocycles. The van der Waals surface area contributed by atoms with Crippen LogP contribution in [0.4, 0.5) is 5.69 Å². The third kappa shape index (κ3) is 4.28. The van der Waals surface area contributed by atoms with Crippen molar-refractivity contribution < 1.29 is 19.4 Å². The fourth-order valence-electron chi connectivity index (χ4n) is 2.25. The molecule has 2 rings (SSSR count). The van der Waals surface area contributed by atoms with Gasteiger partial charge in [0.25, 0.3) is 5.79 Å². The normalized spacial score (nSPS) is 22.0. The van der Waals surface area contributed by atoms with Gasteiger partial charge in [-0.1, -0.05) is 53.7 Å². The number of aliphatic hydroxyl groups is 1. The number of fused-ring (bicyclic) bond motifs is 1. The van der Waals surface area contributed by atoms with Crippen LogP contribution < -0.4 is 10.1 Å². The van der Waals surface area contributed by atoms with Crippen LogP contribution >= 0.6 is 0 Å². The van der Waals surface area contributed by atoms with E-state index in [1.54, 1.807) is 59.7 Å². The lowest BCUT2D eigenvalue weighted by Crippen LogP contribution is -2.47. The summed E-state index contributed by atoms with van der Waals surface area (Å²) in [6.45, 7) is 10.7. The average molecular weight is 345 g/mol. The van der Waals surface area contributed by atoms with E-state index in [0.29, 0.717) is 11.4 Å². The molecule has 0 fully saturated rings. The predicted molar refractivity (Wildman–Crippen MR) is 97.3 cm³/mol. The molecule has 0 bridgehead atoms. The van der Waals surface area contributed by atoms with Crippen LogP contribution in [-0.2, 0) is 9.59 Å². The summed E-state index contributed by atoms with van der Waals surface area (Å²) in [6.07, 6.45) is 1.09. The number of hydrogen-bond acceptors (Lipinski definition) is 5. The summed E-state index contributed by atoms with van der Waals surface area (Å²) < 4.78 is 5.76. The average Bonchev–Trinajstić information content (AvgIpc) is 2.45. The van der Waals surface area contributed by atoms with E-state index in [0.717, 1.165) is 0 Å². The summed E-state index contributed by atoms with van der Waals surface area (Å²) in [4.78, 5) is 24.9. The number of rotatable bonds is 3. The molecule has 1 aliphatic rings. The maximum atomic E-state index is 12.5. The molecule has 1 heterocycles. The first-order valence-electron chi connectivity index (χ1n) is 8.40. The van der Waals surface area contributed by atoms with E-state index < -0.39 is 16.6 Å². The number of ether oxygens (including phenoxy) is 1. The Morgan fingerprint density at radius 1 is 1.12 bits per heavy atom. The van der Waals surface area contributed by atoms with Crippen molar-refractivity contribution in [1.82, 2.24) is 0 Å². The van der Waals surface area contributed by atoms with Gasteiger partial charge in [-0.3, -0.25) is 9.59 Å². The molecule has 1 aromatic carbocycles. The molecule has 136 valence electrons. The van der Waals surface area contributed by atoms with E-state index in [1.807, 2.05) is 6.07 Å². The Hall–Kier alpha value is -2.14. The molecule has 0 saturated heterocycles. The van der Waals surface area contributed by atoms with Crippen LogP contribution in [-0.4, -0.2) is 22.5 Å². The van der Waals surface area contributed by atoms with Gasteiger partial charge in [0.05, 0.1) is 17.8 Å². The van der Waals surface area contributed by atoms with Crippen LogP contribution in [0.3, 0.4) is 0 Å². The first-order valence-corrected chi connectivity index (χ1v) is 8.40. The van der Waals surface area contributed by atoms with Gasteiger partial charge in [0.1, 0.15) is 11.5 Å². The lowest BCUT2D eigenvalue weighted by atomic mass is 9.84. The Bertz CT molecular complexity index is 722. The van der Waals surface area contributed by atoms with E-state index in [9.17, 15) is 14.7 Å². The lowest BCUT2D eigenvalue weighted by molar-refractivity contribution is -0.148. The van der Waals surface area contributed by atoms with Gasteiger partial charge in [0, 0.05) is 16.9 Å². The van der Waals surface area contributed by atoms with E-state index in [1.165, 1.54) is 6.08 Å². The van der Waals surface area contributed by atoms with Crippen LogP contribution in [0.25, 0.3) is 0 Å². The second-order valence-electron chi connectivity index (χ2n) is 8.53. The highest BCUT2D eigenvalue weighted by atomic mass is 16.6. The van der Waals surface area contributed by atoms with Gasteiger partial charge in [-0.05, 0) is 12.1 Å². The Morgan fingerprint density at radius 3 is 2.28 bits per heavy atom. The number of nitrogens with one attached hydrogen (secondary N) is 1. The molecule has 0 radical (unpaired) electrons. The number of anilines is 1. The van der Waals surface area contributed by atoms with Crippen molar-refractivity contribution in [2.75, 3.05) is 5.32 Å². The smallest absolute Gasteiger partial charge is 0.257 e. The molecule has 5 heteroatoms. The molecule has 0 amide bonds. The third-order valence-corrected chi connectivity index (χ3v) is 4.11. The zero-order valence-corrected chi connectivity index (χ0v) is 15.8. The van der Waals surface area contributed by atoms with Crippen molar-refractivity contribution in [2.45, 2.75) is 53.8 Å². The number of Topliss-reactive ketones (excluding diaryl/α,β-unsaturated/α-hetero) is 1. The van der Waals surface area contributed by atoms with E-state index in [4.69, 9.17) is 4.74 Å². The van der Waals surface area contributed by atoms with Crippen LogP contribution in [0.1, 0.15) is 48.0 Å². The predicted octanol–water partition coefficient (Wildman–Crippen LogP) is 3.68. The quantitative estimate of drug-likeness (QED) is 0.817. The number of para-hydroxylation sites is 2. The number of carbonyl (C=O) groups excluding carboxylic acids is 2. The van der Waals surface area contributed by atoms with Gasteiger partial charge >= 0.3 is 0 Å². The summed E-state index contributed by atoms with van der Waals surface area (Å²) in [5, 5.41) is 14.2. The maximum absolute atomic E-state index is 12.5. The Morgan fingerprint density at radius 2 is 1.72 bits per heavy atom. The standard InChI is InChI=1S/C20H27NO4/c1-18(2,3)16(22)11-15-20(24,12-17(23)19(4,5)6)25-14-10-8-7-9-13(14)21-15/h7-11,21,24H,12H2,1-6H3. The Kier molecular flexibility index (Phi) is 4.83. The van der Waals surface area contributed by atoms with Crippen molar-refractivity contribution in [3.8, 4) is 5.75 Å². The summed E-state index contributed by atoms with van der Waals surface area (Å²) >= 11 is 0. The highest BCUT2D eigenvalue weighted by Gasteiger charge is 2.44. The first-order chi connectivity index (χ1) is 11.3. The van der Waals surface area contributed by atoms with Crippen molar-refractivity contribution in [3.63, 3.8) is 0 Å². The fourth-order valence-corrected chi connectivity index (χ4v) is 2.25. The van der Waals surface area contributed by atoms with E-state index >= 15 is 0 Å². The lowest BCUT2D eigenvalue weighted by Gasteiger charge is -2.38. The fraction of sp³-hybridized carbons (Fsp3) is 0.500. The first kappa shape index (κ1) is 19.2. The van der Waals surface area contributed by atoms with Crippen LogP contribution in [0.15, 0.2) is 36.0 Å². The SMILES string of the molecule is CC(C)(C)C(=O)C=C1Nc2ccccc2OC1(O)CC(=O)C(C)(C)C. The van der Waals surface area contributed by atoms with Gasteiger partial charge in [0.2, 0.25) is 0 Å². The molecule has 0 aliphatic carbocycles. The van der Waals surface area contributed by atoms with Gasteiger partial charge < -0.3 is 15.2 Å². The summed E-state index contributed by atoms with van der Waals surface area (Å²) in [5.41, 5.74) is -0.414. The number of ketones is 2. The zero-order chi connectivity index (χ0) is 19.0. The molecule has 0 spiro atoms. The second-order valence-corrected chi connectivity index (χ2v) is 8.53. The van der Waals surface area contributed by atoms with E-state index in [2.05, 4.69) is 5.32 Å². The summed E-state index contributed by atoms with van der Waals surface area (Å²) in [6, 6.07) is 7.09. The molecule has 2 N–H and O–H groups in total. The van der Waals surface area contributed by atoms with Crippen molar-refractivity contribution in [1.29, 1.82) is 0 Å². The highest BCUT2D eigenvalue weighted by molar-refractivity contribution is 5.95.